The molecule has 2 aromatic rings. The number of hydrogen-bond acceptors (Lipinski definition) is 3. The number of ether oxygens (including phenoxy) is 1. The fraction of sp³-hybridized carbons (Fsp3) is 0.381. The zero-order chi connectivity index (χ0) is 18.4. The lowest BCUT2D eigenvalue weighted by molar-refractivity contribution is -0.121. The van der Waals surface area contributed by atoms with E-state index in [9.17, 15) is 4.79 Å². The van der Waals surface area contributed by atoms with Gasteiger partial charge in [0.1, 0.15) is 5.75 Å². The summed E-state index contributed by atoms with van der Waals surface area (Å²) in [4.78, 5) is 13.7. The minimum atomic E-state index is -0.142. The van der Waals surface area contributed by atoms with Gasteiger partial charge >= 0.3 is 0 Å². The number of carbonyl (C=O) groups is 1. The number of thioether (sulfide) groups is 1. The molecule has 25 heavy (non-hydrogen) atoms. The Morgan fingerprint density at radius 2 is 1.84 bits per heavy atom. The number of aryl methyl sites for hydroxylation is 2. The van der Waals surface area contributed by atoms with Crippen LogP contribution in [0.4, 0.5) is 0 Å². The highest BCUT2D eigenvalue weighted by molar-refractivity contribution is 8.00. The van der Waals surface area contributed by atoms with Gasteiger partial charge in [-0.2, -0.15) is 0 Å². The monoisotopic (exact) mass is 357 g/mol. The first-order chi connectivity index (χ1) is 11.9. The molecular weight excluding hydrogens is 330 g/mol. The fourth-order valence-corrected chi connectivity index (χ4v) is 3.58. The van der Waals surface area contributed by atoms with E-state index in [1.165, 1.54) is 5.56 Å². The van der Waals surface area contributed by atoms with E-state index < -0.39 is 0 Å². The van der Waals surface area contributed by atoms with Crippen LogP contribution in [0.3, 0.4) is 0 Å². The summed E-state index contributed by atoms with van der Waals surface area (Å²) >= 11 is 1.59. The van der Waals surface area contributed by atoms with Crippen LogP contribution in [0.15, 0.2) is 47.4 Å². The van der Waals surface area contributed by atoms with Crippen LogP contribution in [-0.2, 0) is 4.79 Å². The second-order valence-electron chi connectivity index (χ2n) is 6.27. The average molecular weight is 358 g/mol. The van der Waals surface area contributed by atoms with Gasteiger partial charge in [-0.05, 0) is 56.5 Å². The highest BCUT2D eigenvalue weighted by atomic mass is 32.2. The van der Waals surface area contributed by atoms with Gasteiger partial charge in [0.05, 0.1) is 18.4 Å². The third-order valence-corrected chi connectivity index (χ3v) is 5.36. The van der Waals surface area contributed by atoms with Gasteiger partial charge in [0, 0.05) is 4.90 Å². The van der Waals surface area contributed by atoms with Crippen molar-refractivity contribution in [3.63, 3.8) is 0 Å². The van der Waals surface area contributed by atoms with Crippen molar-refractivity contribution in [2.24, 2.45) is 0 Å². The molecule has 0 saturated heterocycles. The van der Waals surface area contributed by atoms with Crippen LogP contribution in [-0.4, -0.2) is 18.3 Å². The number of nitrogens with one attached hydrogen (secondary N) is 1. The lowest BCUT2D eigenvalue weighted by Crippen LogP contribution is -2.34. The van der Waals surface area contributed by atoms with E-state index in [0.717, 1.165) is 28.2 Å². The molecule has 1 amide bonds. The SMILES string of the molecule is CC[C@H](NC(=O)[C@@H](C)Sc1ccc(C)cc1)c1ccc(OC)c(C)c1. The first-order valence-electron chi connectivity index (χ1n) is 8.62. The Bertz CT molecular complexity index is 712. The Kier molecular flexibility index (Phi) is 6.94. The van der Waals surface area contributed by atoms with Crippen LogP contribution in [0, 0.1) is 13.8 Å². The van der Waals surface area contributed by atoms with Crippen molar-refractivity contribution in [1.82, 2.24) is 5.32 Å². The Balaban J connectivity index is 2.03. The molecule has 0 unspecified atom stereocenters. The number of amides is 1. The molecule has 0 aliphatic heterocycles. The van der Waals surface area contributed by atoms with Crippen LogP contribution < -0.4 is 10.1 Å². The third kappa shape index (κ3) is 5.27. The maximum atomic E-state index is 12.6. The molecule has 2 aromatic carbocycles. The van der Waals surface area contributed by atoms with Gasteiger partial charge in [-0.15, -0.1) is 11.8 Å². The van der Waals surface area contributed by atoms with Gasteiger partial charge in [0.15, 0.2) is 0 Å². The number of methoxy groups -OCH3 is 1. The lowest BCUT2D eigenvalue weighted by Gasteiger charge is -2.21. The molecule has 2 rings (SSSR count). The normalized spacial score (nSPS) is 13.2. The largest absolute Gasteiger partial charge is 0.496 e. The van der Waals surface area contributed by atoms with Crippen LogP contribution in [0.1, 0.15) is 43.0 Å². The number of benzene rings is 2. The van der Waals surface area contributed by atoms with Crippen molar-refractivity contribution in [3.8, 4) is 5.75 Å². The second-order valence-corrected chi connectivity index (χ2v) is 7.69. The van der Waals surface area contributed by atoms with E-state index in [-0.39, 0.29) is 17.2 Å². The average Bonchev–Trinajstić information content (AvgIpc) is 2.61. The van der Waals surface area contributed by atoms with E-state index in [1.54, 1.807) is 18.9 Å². The molecule has 4 heteroatoms. The van der Waals surface area contributed by atoms with Crippen molar-refractivity contribution in [3.05, 3.63) is 59.2 Å². The summed E-state index contributed by atoms with van der Waals surface area (Å²) in [6.45, 7) is 8.12. The van der Waals surface area contributed by atoms with Gasteiger partial charge in [-0.3, -0.25) is 4.79 Å². The van der Waals surface area contributed by atoms with Crippen molar-refractivity contribution in [2.45, 2.75) is 50.3 Å². The second kappa shape index (κ2) is 8.95. The molecule has 0 saturated carbocycles. The Labute approximate surface area is 155 Å². The number of hydrogen-bond donors (Lipinski definition) is 1. The van der Waals surface area contributed by atoms with E-state index in [0.29, 0.717) is 0 Å². The smallest absolute Gasteiger partial charge is 0.233 e. The van der Waals surface area contributed by atoms with Gasteiger partial charge in [0.2, 0.25) is 5.91 Å². The molecule has 0 heterocycles. The highest BCUT2D eigenvalue weighted by Crippen LogP contribution is 2.27. The zero-order valence-corrected chi connectivity index (χ0v) is 16.4. The molecule has 134 valence electrons. The Morgan fingerprint density at radius 1 is 1.16 bits per heavy atom. The highest BCUT2D eigenvalue weighted by Gasteiger charge is 2.19. The van der Waals surface area contributed by atoms with Crippen LogP contribution in [0.5, 0.6) is 5.75 Å². The zero-order valence-electron chi connectivity index (χ0n) is 15.6. The fourth-order valence-electron chi connectivity index (χ4n) is 2.70. The molecule has 0 bridgehead atoms. The van der Waals surface area contributed by atoms with Crippen LogP contribution >= 0.6 is 11.8 Å². The number of carbonyl (C=O) groups excluding carboxylic acids is 1. The summed E-state index contributed by atoms with van der Waals surface area (Å²) in [6.07, 6.45) is 0.847. The standard InChI is InChI=1S/C21H27NO2S/c1-6-19(17-9-12-20(24-5)15(3)13-17)22-21(23)16(4)25-18-10-7-14(2)8-11-18/h7-13,16,19H,6H2,1-5H3,(H,22,23)/t16-,19+/m1/s1. The maximum absolute atomic E-state index is 12.6. The quantitative estimate of drug-likeness (QED) is 0.704. The molecule has 2 atom stereocenters. The summed E-state index contributed by atoms with van der Waals surface area (Å²) in [5.74, 6) is 0.930. The van der Waals surface area contributed by atoms with Crippen molar-refractivity contribution < 1.29 is 9.53 Å². The van der Waals surface area contributed by atoms with Gasteiger partial charge in [-0.1, -0.05) is 36.8 Å². The minimum Gasteiger partial charge on any atom is -0.496 e. The summed E-state index contributed by atoms with van der Waals surface area (Å²) < 4.78 is 5.32. The Morgan fingerprint density at radius 3 is 2.40 bits per heavy atom. The topological polar surface area (TPSA) is 38.3 Å². The summed E-state index contributed by atoms with van der Waals surface area (Å²) in [5.41, 5.74) is 3.42. The summed E-state index contributed by atoms with van der Waals surface area (Å²) in [7, 11) is 1.67. The predicted octanol–water partition coefficient (Wildman–Crippen LogP) is 5.06. The maximum Gasteiger partial charge on any atom is 0.233 e. The molecule has 0 aliphatic rings. The Hall–Kier alpha value is -1.94. The minimum absolute atomic E-state index is 0.0122. The molecule has 0 spiro atoms. The van der Waals surface area contributed by atoms with Crippen molar-refractivity contribution in [2.75, 3.05) is 7.11 Å². The molecule has 0 aliphatic carbocycles. The van der Waals surface area contributed by atoms with Gasteiger partial charge in [0.25, 0.3) is 0 Å². The van der Waals surface area contributed by atoms with E-state index in [1.807, 2.05) is 26.0 Å². The van der Waals surface area contributed by atoms with Crippen molar-refractivity contribution >= 4 is 17.7 Å². The van der Waals surface area contributed by atoms with Crippen LogP contribution in [0.2, 0.25) is 0 Å². The van der Waals surface area contributed by atoms with E-state index in [4.69, 9.17) is 4.74 Å². The molecule has 1 N–H and O–H groups in total. The summed E-state index contributed by atoms with van der Waals surface area (Å²) in [6, 6.07) is 14.4. The molecular formula is C21H27NO2S. The first-order valence-corrected chi connectivity index (χ1v) is 9.50. The molecule has 0 fully saturated rings. The predicted molar refractivity (Wildman–Crippen MR) is 105 cm³/mol. The van der Waals surface area contributed by atoms with Gasteiger partial charge < -0.3 is 10.1 Å². The van der Waals surface area contributed by atoms with E-state index >= 15 is 0 Å². The van der Waals surface area contributed by atoms with E-state index in [2.05, 4.69) is 49.5 Å². The van der Waals surface area contributed by atoms with Gasteiger partial charge in [-0.25, -0.2) is 0 Å². The number of rotatable bonds is 7. The molecule has 0 radical (unpaired) electrons. The first kappa shape index (κ1) is 19.4. The summed E-state index contributed by atoms with van der Waals surface area (Å²) in [5, 5.41) is 3.04. The molecule has 3 nitrogen and oxygen atoms in total. The lowest BCUT2D eigenvalue weighted by atomic mass is 10.0. The van der Waals surface area contributed by atoms with Crippen molar-refractivity contribution in [1.29, 1.82) is 0 Å². The molecule has 0 aromatic heterocycles. The third-order valence-electron chi connectivity index (χ3n) is 4.25. The van der Waals surface area contributed by atoms with Crippen LogP contribution in [0.25, 0.3) is 0 Å².